The summed E-state index contributed by atoms with van der Waals surface area (Å²) in [6.07, 6.45) is -3.16. The molecule has 2 nitrogen and oxygen atoms in total. The van der Waals surface area contributed by atoms with Crippen molar-refractivity contribution in [1.82, 2.24) is 5.32 Å². The van der Waals surface area contributed by atoms with Gasteiger partial charge in [-0.25, -0.2) is 0 Å². The predicted molar refractivity (Wildman–Crippen MR) is 52.7 cm³/mol. The third-order valence-corrected chi connectivity index (χ3v) is 2.48. The minimum atomic E-state index is -4.45. The Kier molecular flexibility index (Phi) is 2.26. The van der Waals surface area contributed by atoms with Crippen LogP contribution in [0.25, 0.3) is 6.08 Å². The zero-order valence-corrected chi connectivity index (χ0v) is 8.19. The van der Waals surface area contributed by atoms with Crippen LogP contribution in [-0.4, -0.2) is 5.91 Å². The zero-order valence-electron chi connectivity index (χ0n) is 8.19. The summed E-state index contributed by atoms with van der Waals surface area (Å²) < 4.78 is 38.1. The van der Waals surface area contributed by atoms with Gasteiger partial charge in [-0.05, 0) is 23.3 Å². The van der Waals surface area contributed by atoms with Crippen LogP contribution in [0.2, 0.25) is 0 Å². The number of fused-ring (bicyclic) bond motifs is 1. The molecular formula is C11H8F3NO. The zero-order chi connectivity index (χ0) is 11.9. The predicted octanol–water partition coefficient (Wildman–Crippen LogP) is 2.59. The number of hydrogen-bond donors (Lipinski definition) is 1. The van der Waals surface area contributed by atoms with Crippen LogP contribution in [0.4, 0.5) is 13.2 Å². The molecule has 1 aromatic rings. The van der Waals surface area contributed by atoms with Gasteiger partial charge in [0.2, 0.25) is 0 Å². The molecule has 0 unspecified atom stereocenters. The summed E-state index contributed by atoms with van der Waals surface area (Å²) in [7, 11) is 0. The highest BCUT2D eigenvalue weighted by Crippen LogP contribution is 2.36. The van der Waals surface area contributed by atoms with Crippen LogP contribution < -0.4 is 5.32 Å². The number of amides is 1. The number of nitrogens with one attached hydrogen (secondary N) is 1. The number of benzene rings is 1. The average Bonchev–Trinajstić information content (AvgIpc) is 2.58. The number of halogens is 3. The molecule has 1 aliphatic heterocycles. The quantitative estimate of drug-likeness (QED) is 0.784. The van der Waals surface area contributed by atoms with Crippen molar-refractivity contribution in [1.29, 1.82) is 0 Å². The first-order chi connectivity index (χ1) is 7.43. The molecule has 84 valence electrons. The third kappa shape index (κ3) is 1.58. The Morgan fingerprint density at radius 1 is 1.38 bits per heavy atom. The lowest BCUT2D eigenvalue weighted by atomic mass is 9.99. The molecular weight excluding hydrogens is 219 g/mol. The molecule has 0 aliphatic carbocycles. The Bertz CT molecular complexity index is 477. The Hall–Kier alpha value is -1.78. The van der Waals surface area contributed by atoms with Gasteiger partial charge in [0, 0.05) is 12.1 Å². The van der Waals surface area contributed by atoms with Gasteiger partial charge < -0.3 is 5.32 Å². The van der Waals surface area contributed by atoms with Gasteiger partial charge in [0.25, 0.3) is 5.91 Å². The first-order valence-corrected chi connectivity index (χ1v) is 4.58. The van der Waals surface area contributed by atoms with Crippen molar-refractivity contribution in [3.63, 3.8) is 0 Å². The number of alkyl halides is 3. The summed E-state index contributed by atoms with van der Waals surface area (Å²) in [5, 5.41) is 2.38. The van der Waals surface area contributed by atoms with Crippen LogP contribution in [0.3, 0.4) is 0 Å². The first-order valence-electron chi connectivity index (χ1n) is 4.58. The molecule has 0 saturated carbocycles. The molecule has 0 atom stereocenters. The first kappa shape index (κ1) is 10.7. The maximum absolute atomic E-state index is 12.7. The van der Waals surface area contributed by atoms with Crippen molar-refractivity contribution < 1.29 is 18.0 Å². The van der Waals surface area contributed by atoms with E-state index in [9.17, 15) is 18.0 Å². The van der Waals surface area contributed by atoms with Crippen molar-refractivity contribution in [2.24, 2.45) is 0 Å². The summed E-state index contributed by atoms with van der Waals surface area (Å²) in [6.45, 7) is 3.34. The molecule has 1 amide bonds. The van der Waals surface area contributed by atoms with E-state index < -0.39 is 17.6 Å². The van der Waals surface area contributed by atoms with Crippen LogP contribution in [0, 0.1) is 0 Å². The minimum absolute atomic E-state index is 0.0168. The molecule has 0 radical (unpaired) electrons. The maximum Gasteiger partial charge on any atom is 0.416 e. The van der Waals surface area contributed by atoms with Crippen LogP contribution in [-0.2, 0) is 12.7 Å². The van der Waals surface area contributed by atoms with E-state index in [1.165, 1.54) is 12.1 Å². The highest BCUT2D eigenvalue weighted by molar-refractivity contribution is 5.99. The maximum atomic E-state index is 12.7. The summed E-state index contributed by atoms with van der Waals surface area (Å²) in [5.41, 5.74) is -0.366. The minimum Gasteiger partial charge on any atom is -0.348 e. The van der Waals surface area contributed by atoms with Crippen molar-refractivity contribution in [2.75, 3.05) is 0 Å². The second kappa shape index (κ2) is 3.37. The average molecular weight is 227 g/mol. The van der Waals surface area contributed by atoms with Gasteiger partial charge >= 0.3 is 6.18 Å². The van der Waals surface area contributed by atoms with E-state index in [0.717, 1.165) is 6.07 Å². The Morgan fingerprint density at radius 3 is 2.62 bits per heavy atom. The fraction of sp³-hybridized carbons (Fsp3) is 0.182. The van der Waals surface area contributed by atoms with E-state index in [1.807, 2.05) is 0 Å². The highest BCUT2D eigenvalue weighted by atomic mass is 19.4. The van der Waals surface area contributed by atoms with Gasteiger partial charge in [-0.15, -0.1) is 0 Å². The third-order valence-electron chi connectivity index (χ3n) is 2.48. The van der Waals surface area contributed by atoms with Crippen LogP contribution in [0.15, 0.2) is 18.7 Å². The van der Waals surface area contributed by atoms with E-state index >= 15 is 0 Å². The molecule has 0 spiro atoms. The number of carbonyl (C=O) groups excluding carboxylic acids is 1. The summed E-state index contributed by atoms with van der Waals surface area (Å²) in [5.74, 6) is -0.468. The molecule has 5 heteroatoms. The molecule has 16 heavy (non-hydrogen) atoms. The molecule has 1 aromatic carbocycles. The van der Waals surface area contributed by atoms with E-state index in [0.29, 0.717) is 5.56 Å². The fourth-order valence-corrected chi connectivity index (χ4v) is 1.72. The van der Waals surface area contributed by atoms with Crippen molar-refractivity contribution in [3.8, 4) is 0 Å². The molecule has 1 heterocycles. The standard InChI is InChI=1S/C11H8F3NO/c1-2-6-3-7-8(5-15-10(7)16)9(4-6)11(12,13)14/h2-4H,1,5H2,(H,15,16). The van der Waals surface area contributed by atoms with Gasteiger partial charge in [-0.1, -0.05) is 12.7 Å². The lowest BCUT2D eigenvalue weighted by Gasteiger charge is -2.11. The smallest absolute Gasteiger partial charge is 0.348 e. The second-order valence-electron chi connectivity index (χ2n) is 3.48. The van der Waals surface area contributed by atoms with Crippen LogP contribution in [0.5, 0.6) is 0 Å². The van der Waals surface area contributed by atoms with E-state index in [-0.39, 0.29) is 17.7 Å². The van der Waals surface area contributed by atoms with Gasteiger partial charge in [0.15, 0.2) is 0 Å². The molecule has 1 aliphatic rings. The Morgan fingerprint density at radius 2 is 2.06 bits per heavy atom. The second-order valence-corrected chi connectivity index (χ2v) is 3.48. The number of carbonyl (C=O) groups is 1. The largest absolute Gasteiger partial charge is 0.416 e. The molecule has 0 fully saturated rings. The molecule has 0 aromatic heterocycles. The molecule has 0 saturated heterocycles. The van der Waals surface area contributed by atoms with Crippen molar-refractivity contribution >= 4 is 12.0 Å². The SMILES string of the molecule is C=Cc1cc2c(c(C(F)(F)F)c1)CNC2=O. The summed E-state index contributed by atoms with van der Waals surface area (Å²) in [6, 6.07) is 2.42. The Balaban J connectivity index is 2.70. The van der Waals surface area contributed by atoms with E-state index in [2.05, 4.69) is 11.9 Å². The monoisotopic (exact) mass is 227 g/mol. The van der Waals surface area contributed by atoms with E-state index in [1.54, 1.807) is 0 Å². The lowest BCUT2D eigenvalue weighted by Crippen LogP contribution is -2.12. The molecule has 1 N–H and O–H groups in total. The van der Waals surface area contributed by atoms with Gasteiger partial charge in [0.1, 0.15) is 0 Å². The normalized spacial score (nSPS) is 14.6. The van der Waals surface area contributed by atoms with Crippen LogP contribution in [0.1, 0.15) is 27.0 Å². The van der Waals surface area contributed by atoms with Gasteiger partial charge in [-0.3, -0.25) is 4.79 Å². The van der Waals surface area contributed by atoms with E-state index in [4.69, 9.17) is 0 Å². The fourth-order valence-electron chi connectivity index (χ4n) is 1.72. The molecule has 2 rings (SSSR count). The topological polar surface area (TPSA) is 29.1 Å². The lowest BCUT2D eigenvalue weighted by molar-refractivity contribution is -0.138. The summed E-state index contributed by atoms with van der Waals surface area (Å²) in [4.78, 5) is 11.3. The highest BCUT2D eigenvalue weighted by Gasteiger charge is 2.37. The van der Waals surface area contributed by atoms with Crippen molar-refractivity contribution in [2.45, 2.75) is 12.7 Å². The van der Waals surface area contributed by atoms with Crippen molar-refractivity contribution in [3.05, 3.63) is 41.0 Å². The number of hydrogen-bond acceptors (Lipinski definition) is 1. The van der Waals surface area contributed by atoms with Gasteiger partial charge in [-0.2, -0.15) is 13.2 Å². The summed E-state index contributed by atoms with van der Waals surface area (Å²) >= 11 is 0. The Labute approximate surface area is 89.8 Å². The van der Waals surface area contributed by atoms with Gasteiger partial charge in [0.05, 0.1) is 5.56 Å². The van der Waals surface area contributed by atoms with Crippen LogP contribution >= 0.6 is 0 Å². The molecule has 0 bridgehead atoms. The number of rotatable bonds is 1.